The van der Waals surface area contributed by atoms with Crippen LogP contribution in [0.1, 0.15) is 58.1 Å². The lowest BCUT2D eigenvalue weighted by molar-refractivity contribution is -0.159. The number of ether oxygens (including phenoxy) is 1. The Balaban J connectivity index is 0.000000424. The molecule has 3 rings (SSSR count). The molecule has 1 saturated heterocycles. The molecule has 0 bridgehead atoms. The molecule has 0 saturated carbocycles. The van der Waals surface area contributed by atoms with Crippen molar-refractivity contribution in [3.8, 4) is 0 Å². The van der Waals surface area contributed by atoms with Crippen LogP contribution in [0.2, 0.25) is 10.0 Å². The second kappa shape index (κ2) is 15.5. The molecule has 1 aliphatic rings. The number of amides is 1. The Kier molecular flexibility index (Phi) is 13.4. The molecular weight excluding hydrogens is 445 g/mol. The minimum Gasteiger partial charge on any atom is -0.464 e. The molecule has 1 fully saturated rings. The van der Waals surface area contributed by atoms with E-state index in [2.05, 4.69) is 6.58 Å². The van der Waals surface area contributed by atoms with Crippen LogP contribution in [-0.4, -0.2) is 29.4 Å². The van der Waals surface area contributed by atoms with E-state index in [4.69, 9.17) is 27.9 Å². The smallest absolute Gasteiger partial charge is 0.328 e. The van der Waals surface area contributed by atoms with E-state index in [1.807, 2.05) is 68.4 Å². The van der Waals surface area contributed by atoms with Crippen LogP contribution in [0.5, 0.6) is 0 Å². The maximum Gasteiger partial charge on any atom is 0.328 e. The topological polar surface area (TPSA) is 46.6 Å². The first-order chi connectivity index (χ1) is 15.4. The largest absolute Gasteiger partial charge is 0.464 e. The summed E-state index contributed by atoms with van der Waals surface area (Å²) >= 11 is 11.5. The summed E-state index contributed by atoms with van der Waals surface area (Å²) in [4.78, 5) is 26.4. The molecular formula is C26H33Cl2NO3. The van der Waals surface area contributed by atoms with Crippen molar-refractivity contribution in [1.29, 1.82) is 0 Å². The molecule has 1 amide bonds. The molecule has 0 spiro atoms. The van der Waals surface area contributed by atoms with Gasteiger partial charge in [-0.2, -0.15) is 0 Å². The first kappa shape index (κ1) is 27.7. The Hall–Kier alpha value is -2.30. The number of rotatable bonds is 5. The summed E-state index contributed by atoms with van der Waals surface area (Å²) < 4.78 is 5.15. The first-order valence-electron chi connectivity index (χ1n) is 10.9. The second-order valence-corrected chi connectivity index (χ2v) is 8.01. The second-order valence-electron chi connectivity index (χ2n) is 7.14. The number of esters is 1. The summed E-state index contributed by atoms with van der Waals surface area (Å²) in [6.45, 7) is 9.25. The fourth-order valence-corrected chi connectivity index (χ4v) is 3.69. The van der Waals surface area contributed by atoms with Crippen LogP contribution in [0, 0.1) is 0 Å². The lowest BCUT2D eigenvalue weighted by atomic mass is 9.92. The lowest BCUT2D eigenvalue weighted by Crippen LogP contribution is -2.49. The number of benzene rings is 2. The highest BCUT2D eigenvalue weighted by Gasteiger charge is 2.37. The summed E-state index contributed by atoms with van der Waals surface area (Å²) in [5.41, 5.74) is 1.01. The van der Waals surface area contributed by atoms with Gasteiger partial charge in [0.2, 0.25) is 5.91 Å². The number of likely N-dealkylation sites (tertiary alicyclic amines) is 1. The molecule has 4 nitrogen and oxygen atoms in total. The summed E-state index contributed by atoms with van der Waals surface area (Å²) in [6, 6.07) is 16.3. The molecule has 2 aromatic rings. The molecule has 2 aromatic carbocycles. The van der Waals surface area contributed by atoms with Crippen LogP contribution in [0.4, 0.5) is 0 Å². The minimum atomic E-state index is -0.520. The number of piperidine rings is 1. The summed E-state index contributed by atoms with van der Waals surface area (Å²) in [5.74, 6) is -0.301. The first-order valence-corrected chi connectivity index (χ1v) is 11.7. The molecule has 1 heterocycles. The Morgan fingerprint density at radius 2 is 1.69 bits per heavy atom. The van der Waals surface area contributed by atoms with Gasteiger partial charge in [0.25, 0.3) is 0 Å². The maximum absolute atomic E-state index is 12.4. The van der Waals surface area contributed by atoms with E-state index >= 15 is 0 Å². The highest BCUT2D eigenvalue weighted by molar-refractivity contribution is 6.30. The van der Waals surface area contributed by atoms with Gasteiger partial charge in [-0.1, -0.05) is 66.5 Å². The maximum atomic E-state index is 12.4. The van der Waals surface area contributed by atoms with E-state index in [1.54, 1.807) is 17.9 Å². The molecule has 1 unspecified atom stereocenters. The number of carbonyl (C=O) groups excluding carboxylic acids is 2. The SMILES string of the molecule is C=CC.CCOC(=O)C(CC)N1C(=O)CCC[C@H]1c1ccc(Cl)cc1.Clc1ccccc1. The lowest BCUT2D eigenvalue weighted by Gasteiger charge is -2.40. The van der Waals surface area contributed by atoms with Crippen molar-refractivity contribution >= 4 is 35.1 Å². The van der Waals surface area contributed by atoms with Gasteiger partial charge in [-0.05, 0) is 62.9 Å². The van der Waals surface area contributed by atoms with Gasteiger partial charge in [0, 0.05) is 16.5 Å². The van der Waals surface area contributed by atoms with Crippen molar-refractivity contribution in [3.05, 3.63) is 82.9 Å². The Morgan fingerprint density at radius 1 is 1.12 bits per heavy atom. The van der Waals surface area contributed by atoms with Crippen LogP contribution >= 0.6 is 23.2 Å². The molecule has 0 aliphatic carbocycles. The van der Waals surface area contributed by atoms with Gasteiger partial charge in [0.15, 0.2) is 0 Å². The number of allylic oxidation sites excluding steroid dienone is 1. The summed E-state index contributed by atoms with van der Waals surface area (Å²) in [5, 5.41) is 1.46. The minimum absolute atomic E-state index is 0.0195. The average Bonchev–Trinajstić information content (AvgIpc) is 2.78. The van der Waals surface area contributed by atoms with E-state index in [0.717, 1.165) is 23.4 Å². The number of halogens is 2. The zero-order valence-electron chi connectivity index (χ0n) is 19.1. The van der Waals surface area contributed by atoms with Gasteiger partial charge in [-0.15, -0.1) is 6.58 Å². The molecule has 32 heavy (non-hydrogen) atoms. The van der Waals surface area contributed by atoms with E-state index in [9.17, 15) is 9.59 Å². The van der Waals surface area contributed by atoms with Gasteiger partial charge in [-0.25, -0.2) is 4.79 Å². The predicted octanol–water partition coefficient (Wildman–Crippen LogP) is 7.27. The van der Waals surface area contributed by atoms with Crippen molar-refractivity contribution < 1.29 is 14.3 Å². The summed E-state index contributed by atoms with van der Waals surface area (Å²) in [7, 11) is 0. The van der Waals surface area contributed by atoms with E-state index in [0.29, 0.717) is 24.5 Å². The normalized spacial score (nSPS) is 16.0. The van der Waals surface area contributed by atoms with Gasteiger partial charge < -0.3 is 9.64 Å². The number of nitrogens with zero attached hydrogens (tertiary/aromatic N) is 1. The van der Waals surface area contributed by atoms with E-state index in [1.165, 1.54) is 0 Å². The quantitative estimate of drug-likeness (QED) is 0.335. The third-order valence-electron chi connectivity index (χ3n) is 4.76. The zero-order chi connectivity index (χ0) is 23.9. The monoisotopic (exact) mass is 477 g/mol. The Labute approximate surface area is 202 Å². The van der Waals surface area contributed by atoms with Gasteiger partial charge >= 0.3 is 5.97 Å². The predicted molar refractivity (Wildman–Crippen MR) is 133 cm³/mol. The van der Waals surface area contributed by atoms with Crippen LogP contribution in [0.3, 0.4) is 0 Å². The summed E-state index contributed by atoms with van der Waals surface area (Å²) in [6.07, 6.45) is 4.47. The van der Waals surface area contributed by atoms with Crippen molar-refractivity contribution in [1.82, 2.24) is 4.90 Å². The molecule has 1 aliphatic heterocycles. The van der Waals surface area contributed by atoms with Crippen molar-refractivity contribution in [2.24, 2.45) is 0 Å². The highest BCUT2D eigenvalue weighted by atomic mass is 35.5. The molecule has 0 aromatic heterocycles. The van der Waals surface area contributed by atoms with Gasteiger partial charge in [-0.3, -0.25) is 4.79 Å². The fraction of sp³-hybridized carbons (Fsp3) is 0.385. The molecule has 0 N–H and O–H groups in total. The number of hydrogen-bond acceptors (Lipinski definition) is 3. The third-order valence-corrected chi connectivity index (χ3v) is 5.26. The molecule has 0 radical (unpaired) electrons. The van der Waals surface area contributed by atoms with Crippen molar-refractivity contribution in [2.75, 3.05) is 6.61 Å². The third kappa shape index (κ3) is 9.05. The van der Waals surface area contributed by atoms with E-state index < -0.39 is 6.04 Å². The van der Waals surface area contributed by atoms with Crippen molar-refractivity contribution in [2.45, 2.75) is 58.5 Å². The van der Waals surface area contributed by atoms with E-state index in [-0.39, 0.29) is 17.9 Å². The Bertz CT molecular complexity index is 825. The zero-order valence-corrected chi connectivity index (χ0v) is 20.6. The fourth-order valence-electron chi connectivity index (χ4n) is 3.42. The standard InChI is InChI=1S/C17H22ClNO3.C6H5Cl.C3H6/c1-3-14(17(21)22-4-2)19-15(6-5-7-16(19)20)12-8-10-13(18)11-9-12;7-6-4-2-1-3-5-6;1-3-2/h8-11,14-15H,3-7H2,1-2H3;1-5H;3H,1H2,2H3/t14?,15-;;/m0../s1. The Morgan fingerprint density at radius 3 is 2.16 bits per heavy atom. The number of hydrogen-bond donors (Lipinski definition) is 0. The van der Waals surface area contributed by atoms with Crippen LogP contribution in [0.15, 0.2) is 67.3 Å². The van der Waals surface area contributed by atoms with Gasteiger partial charge in [0.05, 0.1) is 12.6 Å². The highest BCUT2D eigenvalue weighted by Crippen LogP contribution is 2.34. The van der Waals surface area contributed by atoms with Crippen molar-refractivity contribution in [3.63, 3.8) is 0 Å². The van der Waals surface area contributed by atoms with Crippen LogP contribution in [0.25, 0.3) is 0 Å². The molecule has 174 valence electrons. The molecule has 2 atom stereocenters. The average molecular weight is 478 g/mol. The van der Waals surface area contributed by atoms with Crippen LogP contribution < -0.4 is 0 Å². The van der Waals surface area contributed by atoms with Crippen LogP contribution in [-0.2, 0) is 14.3 Å². The van der Waals surface area contributed by atoms with Gasteiger partial charge in [0.1, 0.15) is 6.04 Å². The number of carbonyl (C=O) groups is 2. The molecule has 6 heteroatoms.